The zero-order valence-corrected chi connectivity index (χ0v) is 32.2. The molecule has 1 aromatic heterocycles. The molecule has 0 radical (unpaired) electrons. The van der Waals surface area contributed by atoms with Crippen LogP contribution in [-0.2, 0) is 11.8 Å². The highest BCUT2D eigenvalue weighted by Gasteiger charge is 2.72. The van der Waals surface area contributed by atoms with Gasteiger partial charge in [0.15, 0.2) is 17.2 Å². The summed E-state index contributed by atoms with van der Waals surface area (Å²) in [5.74, 6) is 0.213. The lowest BCUT2D eigenvalue weighted by Gasteiger charge is -2.63. The van der Waals surface area contributed by atoms with E-state index < -0.39 is 17.1 Å². The van der Waals surface area contributed by atoms with Gasteiger partial charge >= 0.3 is 6.03 Å². The second-order valence-corrected chi connectivity index (χ2v) is 16.8. The SMILES string of the molecule is Cc1c(C(=O)NC2CCN(C(=O)N[C@H]3CC[C@@]4(O)[C@H]5Cc6ccc(O)c7c6[C@@]4(CCN5C)[C@H]3O7)CC2)nn(-c2ccc(Cl)cc2Cl)c1-c1ccc(Cl)cc1. The minimum Gasteiger partial charge on any atom is -0.504 e. The second kappa shape index (κ2) is 13.1. The lowest BCUT2D eigenvalue weighted by atomic mass is 9.48. The Morgan fingerprint density at radius 3 is 2.43 bits per heavy atom. The standard InChI is InChI=1S/C40H41Cl3N6O5/c1-21-33(46-49(29-9-8-25(42)20-27(29)43)34(21)22-3-6-24(41)7-4-22)37(51)44-26-12-16-48(17-13-26)38(52)45-28-11-14-40(53)31-19-23-5-10-30(50)35-32(23)39(40,36(28)54-35)15-18-47(31)2/h3-10,20,26,28,31,36,50,53H,11-19H2,1-2H3,(H,44,51)(H,45,52)/t28-,31+,36-,39-,40+/m0/s1. The van der Waals surface area contributed by atoms with E-state index in [1.54, 1.807) is 46.0 Å². The predicted molar refractivity (Wildman–Crippen MR) is 206 cm³/mol. The number of nitrogens with one attached hydrogen (secondary N) is 2. The van der Waals surface area contributed by atoms with E-state index >= 15 is 0 Å². The third-order valence-electron chi connectivity index (χ3n) is 12.7. The molecule has 4 N–H and O–H groups in total. The number of hydrogen-bond acceptors (Lipinski definition) is 7. The lowest BCUT2D eigenvalue weighted by molar-refractivity contribution is -0.186. The molecule has 9 rings (SSSR count). The summed E-state index contributed by atoms with van der Waals surface area (Å²) >= 11 is 19.0. The number of rotatable bonds is 5. The van der Waals surface area contributed by atoms with Gasteiger partial charge in [0.2, 0.25) is 0 Å². The minimum atomic E-state index is -1.03. The van der Waals surface area contributed by atoms with Crippen LogP contribution in [0, 0.1) is 6.92 Å². The number of aromatic hydroxyl groups is 1. The number of benzene rings is 3. The first-order valence-corrected chi connectivity index (χ1v) is 19.6. The third-order valence-corrected chi connectivity index (χ3v) is 13.5. The Morgan fingerprint density at radius 1 is 0.944 bits per heavy atom. The maximum absolute atomic E-state index is 13.8. The molecule has 14 heteroatoms. The predicted octanol–water partition coefficient (Wildman–Crippen LogP) is 6.27. The van der Waals surface area contributed by atoms with Gasteiger partial charge < -0.3 is 35.4 Å². The summed E-state index contributed by atoms with van der Waals surface area (Å²) in [7, 11) is 2.07. The average Bonchev–Trinajstić information content (AvgIpc) is 3.68. The van der Waals surface area contributed by atoms with Crippen molar-refractivity contribution >= 4 is 46.7 Å². The summed E-state index contributed by atoms with van der Waals surface area (Å²) in [6, 6.07) is 15.3. The monoisotopic (exact) mass is 790 g/mol. The molecule has 2 bridgehead atoms. The molecule has 2 saturated heterocycles. The number of carbonyl (C=O) groups is 2. The van der Waals surface area contributed by atoms with Crippen LogP contribution in [0.25, 0.3) is 16.9 Å². The van der Waals surface area contributed by atoms with E-state index in [4.69, 9.17) is 44.6 Å². The molecule has 3 aliphatic heterocycles. The molecule has 4 aromatic rings. The summed E-state index contributed by atoms with van der Waals surface area (Å²) in [4.78, 5) is 31.7. The molecule has 1 spiro atoms. The number of hydrogen-bond donors (Lipinski definition) is 4. The van der Waals surface area contributed by atoms with Crippen molar-refractivity contribution in [2.75, 3.05) is 26.7 Å². The average molecular weight is 792 g/mol. The molecule has 1 saturated carbocycles. The summed E-state index contributed by atoms with van der Waals surface area (Å²) in [5.41, 5.74) is 3.34. The Bertz CT molecular complexity index is 2190. The Labute approximate surface area is 328 Å². The van der Waals surface area contributed by atoms with Gasteiger partial charge in [0, 0.05) is 51.9 Å². The first-order chi connectivity index (χ1) is 25.9. The van der Waals surface area contributed by atoms with E-state index in [9.17, 15) is 19.8 Å². The zero-order chi connectivity index (χ0) is 37.7. The maximum atomic E-state index is 13.8. The number of nitrogens with zero attached hydrogens (tertiary/aromatic N) is 4. The van der Waals surface area contributed by atoms with Crippen molar-refractivity contribution in [1.82, 2.24) is 30.2 Å². The van der Waals surface area contributed by atoms with Crippen molar-refractivity contribution in [2.24, 2.45) is 0 Å². The lowest BCUT2D eigenvalue weighted by Crippen LogP contribution is -2.78. The highest BCUT2D eigenvalue weighted by atomic mass is 35.5. The van der Waals surface area contributed by atoms with Crippen LogP contribution in [0.2, 0.25) is 15.1 Å². The fraction of sp³-hybridized carbons (Fsp3) is 0.425. The molecule has 0 unspecified atom stereocenters. The molecular weight excluding hydrogens is 751 g/mol. The van der Waals surface area contributed by atoms with Gasteiger partial charge in [-0.1, -0.05) is 53.0 Å². The van der Waals surface area contributed by atoms with Crippen LogP contribution < -0.4 is 15.4 Å². The third kappa shape index (κ3) is 5.33. The van der Waals surface area contributed by atoms with E-state index in [0.29, 0.717) is 89.4 Å². The van der Waals surface area contributed by atoms with E-state index in [2.05, 4.69) is 22.6 Å². The molecule has 54 heavy (non-hydrogen) atoms. The van der Waals surface area contributed by atoms with Gasteiger partial charge in [-0.05, 0) is 101 Å². The molecule has 4 heterocycles. The van der Waals surface area contributed by atoms with Crippen molar-refractivity contribution < 1.29 is 24.5 Å². The van der Waals surface area contributed by atoms with Crippen LogP contribution in [0.1, 0.15) is 59.3 Å². The number of ether oxygens (including phenoxy) is 1. The quantitative estimate of drug-likeness (QED) is 0.188. The van der Waals surface area contributed by atoms with Crippen molar-refractivity contribution in [3.63, 3.8) is 0 Å². The molecule has 3 amide bonds. The van der Waals surface area contributed by atoms with Crippen LogP contribution in [0.5, 0.6) is 11.5 Å². The summed E-state index contributed by atoms with van der Waals surface area (Å²) in [6.45, 7) is 3.55. The molecule has 11 nitrogen and oxygen atoms in total. The largest absolute Gasteiger partial charge is 0.504 e. The number of likely N-dealkylation sites (N-methyl/N-ethyl adjacent to an activating group) is 1. The fourth-order valence-corrected chi connectivity index (χ4v) is 10.7. The van der Waals surface area contributed by atoms with Crippen LogP contribution in [0.4, 0.5) is 4.79 Å². The van der Waals surface area contributed by atoms with Gasteiger partial charge in [-0.15, -0.1) is 0 Å². The van der Waals surface area contributed by atoms with Gasteiger partial charge in [-0.25, -0.2) is 9.48 Å². The van der Waals surface area contributed by atoms with Crippen molar-refractivity contribution in [3.8, 4) is 28.4 Å². The topological polar surface area (TPSA) is 132 Å². The van der Waals surface area contributed by atoms with Crippen LogP contribution >= 0.6 is 34.8 Å². The molecule has 5 aliphatic rings. The van der Waals surface area contributed by atoms with Gasteiger partial charge in [0.05, 0.1) is 33.5 Å². The highest BCUT2D eigenvalue weighted by molar-refractivity contribution is 6.35. The number of phenols is 1. The number of aromatic nitrogens is 2. The van der Waals surface area contributed by atoms with Gasteiger partial charge in [-0.2, -0.15) is 5.10 Å². The second-order valence-electron chi connectivity index (χ2n) is 15.5. The van der Waals surface area contributed by atoms with E-state index in [-0.39, 0.29) is 41.5 Å². The number of amides is 3. The van der Waals surface area contributed by atoms with Gasteiger partial charge in [0.25, 0.3) is 5.91 Å². The fourth-order valence-electron chi connectivity index (χ4n) is 10.1. The summed E-state index contributed by atoms with van der Waals surface area (Å²) in [5, 5.41) is 36.0. The Hall–Kier alpha value is -4.00. The summed E-state index contributed by atoms with van der Waals surface area (Å²) in [6.07, 6.45) is 3.08. The van der Waals surface area contributed by atoms with Crippen molar-refractivity contribution in [2.45, 2.75) is 80.7 Å². The molecule has 3 aromatic carbocycles. The number of aliphatic hydroxyl groups is 1. The molecule has 3 fully saturated rings. The summed E-state index contributed by atoms with van der Waals surface area (Å²) < 4.78 is 8.24. The van der Waals surface area contributed by atoms with Gasteiger partial charge in [-0.3, -0.25) is 4.79 Å². The normalized spacial score (nSPS) is 27.3. The number of halogens is 3. The molecular formula is C40H41Cl3N6O5. The highest BCUT2D eigenvalue weighted by Crippen LogP contribution is 2.65. The number of urea groups is 1. The van der Waals surface area contributed by atoms with E-state index in [1.165, 1.54) is 0 Å². The van der Waals surface area contributed by atoms with Crippen molar-refractivity contribution in [3.05, 3.63) is 92.0 Å². The first-order valence-electron chi connectivity index (χ1n) is 18.5. The number of carbonyl (C=O) groups excluding carboxylic acids is 2. The first kappa shape index (κ1) is 35.7. The van der Waals surface area contributed by atoms with Gasteiger partial charge in [0.1, 0.15) is 6.10 Å². The Morgan fingerprint density at radius 2 is 1.69 bits per heavy atom. The number of piperidine rings is 2. The molecule has 2 aliphatic carbocycles. The number of phenolic OH excluding ortho intramolecular Hbond substituents is 1. The molecule has 282 valence electrons. The smallest absolute Gasteiger partial charge is 0.317 e. The van der Waals surface area contributed by atoms with Crippen LogP contribution in [-0.4, -0.2) is 98.2 Å². The number of likely N-dealkylation sites (tertiary alicyclic amines) is 2. The van der Waals surface area contributed by atoms with E-state index in [1.807, 2.05) is 25.1 Å². The zero-order valence-electron chi connectivity index (χ0n) is 29.9. The maximum Gasteiger partial charge on any atom is 0.317 e. The molecule has 5 atom stereocenters. The van der Waals surface area contributed by atoms with E-state index in [0.717, 1.165) is 23.2 Å². The Balaban J connectivity index is 0.894. The Kier molecular flexibility index (Phi) is 8.63. The minimum absolute atomic E-state index is 0.0666. The van der Waals surface area contributed by atoms with Crippen LogP contribution in [0.15, 0.2) is 54.6 Å². The van der Waals surface area contributed by atoms with Crippen LogP contribution in [0.3, 0.4) is 0 Å². The van der Waals surface area contributed by atoms with Crippen molar-refractivity contribution in [1.29, 1.82) is 0 Å².